The average molecular weight is 385 g/mol. The molecule has 0 radical (unpaired) electrons. The number of anilines is 2. The Morgan fingerprint density at radius 1 is 1.21 bits per heavy atom. The summed E-state index contributed by atoms with van der Waals surface area (Å²) < 4.78 is 7.45. The van der Waals surface area contributed by atoms with Crippen LogP contribution in [0.2, 0.25) is 0 Å². The molecule has 0 amide bonds. The summed E-state index contributed by atoms with van der Waals surface area (Å²) in [6.45, 7) is 7.02. The number of para-hydroxylation sites is 1. The molecular formula is C22H19N5O2. The van der Waals surface area contributed by atoms with Crippen LogP contribution in [0.1, 0.15) is 39.9 Å². The van der Waals surface area contributed by atoms with Gasteiger partial charge in [-0.1, -0.05) is 18.2 Å². The normalized spacial score (nSPS) is 10.9. The first-order valence-corrected chi connectivity index (χ1v) is 9.14. The second-order valence-corrected chi connectivity index (χ2v) is 6.89. The molecule has 1 aromatic carbocycles. The van der Waals surface area contributed by atoms with Crippen molar-refractivity contribution in [1.29, 1.82) is 5.26 Å². The number of nitriles is 1. The summed E-state index contributed by atoms with van der Waals surface area (Å²) >= 11 is 0. The zero-order valence-electron chi connectivity index (χ0n) is 16.6. The van der Waals surface area contributed by atoms with Crippen LogP contribution in [-0.4, -0.2) is 20.5 Å². The van der Waals surface area contributed by atoms with Gasteiger partial charge in [-0.15, -0.1) is 0 Å². The summed E-state index contributed by atoms with van der Waals surface area (Å²) in [5.41, 5.74) is 3.95. The molecule has 0 spiro atoms. The lowest BCUT2D eigenvalue weighted by Gasteiger charge is -2.07. The summed E-state index contributed by atoms with van der Waals surface area (Å²) in [6, 6.07) is 13.7. The van der Waals surface area contributed by atoms with E-state index in [1.807, 2.05) is 50.2 Å². The van der Waals surface area contributed by atoms with Crippen molar-refractivity contribution in [3.8, 4) is 11.8 Å². The Labute approximate surface area is 167 Å². The third-order valence-corrected chi connectivity index (χ3v) is 4.80. The Kier molecular flexibility index (Phi) is 4.40. The molecule has 29 heavy (non-hydrogen) atoms. The lowest BCUT2D eigenvalue weighted by molar-refractivity contribution is 0.101. The average Bonchev–Trinajstić information content (AvgIpc) is 3.19. The van der Waals surface area contributed by atoms with Crippen LogP contribution in [0.4, 0.5) is 11.7 Å². The second kappa shape index (κ2) is 6.91. The highest BCUT2D eigenvalue weighted by molar-refractivity contribution is 5.99. The molecule has 4 aromatic rings. The molecule has 4 rings (SSSR count). The number of hydrogen-bond donors (Lipinski definition) is 1. The molecule has 0 aliphatic carbocycles. The van der Waals surface area contributed by atoms with Crippen molar-refractivity contribution in [1.82, 2.24) is 14.8 Å². The van der Waals surface area contributed by atoms with E-state index in [2.05, 4.69) is 16.5 Å². The molecular weight excluding hydrogens is 366 g/mol. The van der Waals surface area contributed by atoms with E-state index in [0.29, 0.717) is 17.2 Å². The van der Waals surface area contributed by atoms with E-state index < -0.39 is 0 Å². The van der Waals surface area contributed by atoms with Crippen LogP contribution in [0, 0.1) is 32.1 Å². The maximum absolute atomic E-state index is 11.9. The fourth-order valence-corrected chi connectivity index (χ4v) is 3.60. The van der Waals surface area contributed by atoms with Gasteiger partial charge in [-0.3, -0.25) is 4.79 Å². The number of rotatable bonds is 4. The number of pyridine rings is 1. The van der Waals surface area contributed by atoms with E-state index in [1.165, 1.54) is 6.92 Å². The number of fused-ring (bicyclic) bond motifs is 1. The predicted octanol–water partition coefficient (Wildman–Crippen LogP) is 4.76. The maximum Gasteiger partial charge on any atom is 0.217 e. The molecule has 0 saturated heterocycles. The van der Waals surface area contributed by atoms with Gasteiger partial charge in [-0.25, -0.2) is 9.67 Å². The lowest BCUT2D eigenvalue weighted by Crippen LogP contribution is -2.01. The largest absolute Gasteiger partial charge is 0.443 e. The summed E-state index contributed by atoms with van der Waals surface area (Å²) in [6.07, 6.45) is 0. The standard InChI is InChI=1S/C22H19N5O2/c1-12-10-18(25-22-17(11-23)20(14(3)28)15(4)29-22)24-21-19(12)13(2)26-27(21)16-8-6-5-7-9-16/h5-10H,1-4H3,(H,24,25). The van der Waals surface area contributed by atoms with Crippen LogP contribution in [0.5, 0.6) is 0 Å². The number of Topliss-reactive ketones (excluding diaryl/α,β-unsaturated/α-hetero) is 1. The monoisotopic (exact) mass is 385 g/mol. The van der Waals surface area contributed by atoms with Crippen LogP contribution in [-0.2, 0) is 0 Å². The van der Waals surface area contributed by atoms with Gasteiger partial charge in [0.25, 0.3) is 0 Å². The van der Waals surface area contributed by atoms with Gasteiger partial charge in [0, 0.05) is 5.39 Å². The summed E-state index contributed by atoms with van der Waals surface area (Å²) in [4.78, 5) is 16.6. The molecule has 1 N–H and O–H groups in total. The molecule has 7 nitrogen and oxygen atoms in total. The van der Waals surface area contributed by atoms with Gasteiger partial charge in [-0.05, 0) is 51.5 Å². The first-order valence-electron chi connectivity index (χ1n) is 9.14. The van der Waals surface area contributed by atoms with Crippen LogP contribution in [0.3, 0.4) is 0 Å². The van der Waals surface area contributed by atoms with Crippen molar-refractivity contribution in [2.45, 2.75) is 27.7 Å². The van der Waals surface area contributed by atoms with Crippen molar-refractivity contribution in [3.63, 3.8) is 0 Å². The van der Waals surface area contributed by atoms with E-state index in [0.717, 1.165) is 22.3 Å². The number of nitrogens with zero attached hydrogens (tertiary/aromatic N) is 4. The second-order valence-electron chi connectivity index (χ2n) is 6.89. The Balaban J connectivity index is 1.86. The smallest absolute Gasteiger partial charge is 0.217 e. The first kappa shape index (κ1) is 18.4. The van der Waals surface area contributed by atoms with Gasteiger partial charge in [-0.2, -0.15) is 10.4 Å². The van der Waals surface area contributed by atoms with Gasteiger partial charge in [0.05, 0.1) is 16.9 Å². The van der Waals surface area contributed by atoms with Crippen molar-refractivity contribution in [2.75, 3.05) is 5.32 Å². The van der Waals surface area contributed by atoms with Crippen LogP contribution < -0.4 is 5.32 Å². The summed E-state index contributed by atoms with van der Waals surface area (Å²) in [5.74, 6) is 0.907. The van der Waals surface area contributed by atoms with Crippen LogP contribution >= 0.6 is 0 Å². The van der Waals surface area contributed by atoms with E-state index >= 15 is 0 Å². The number of nitrogens with one attached hydrogen (secondary N) is 1. The van der Waals surface area contributed by atoms with E-state index in [1.54, 1.807) is 11.6 Å². The van der Waals surface area contributed by atoms with E-state index in [-0.39, 0.29) is 22.8 Å². The Bertz CT molecular complexity index is 1290. The number of carbonyl (C=O) groups is 1. The topological polar surface area (TPSA) is 96.7 Å². The molecule has 0 bridgehead atoms. The number of carbonyl (C=O) groups excluding carboxylic acids is 1. The van der Waals surface area contributed by atoms with Gasteiger partial charge in [0.15, 0.2) is 11.4 Å². The third kappa shape index (κ3) is 3.05. The number of hydrogen-bond acceptors (Lipinski definition) is 6. The fraction of sp³-hybridized carbons (Fsp3) is 0.182. The van der Waals surface area contributed by atoms with Crippen molar-refractivity contribution in [2.24, 2.45) is 0 Å². The molecule has 7 heteroatoms. The third-order valence-electron chi connectivity index (χ3n) is 4.80. The highest BCUT2D eigenvalue weighted by Gasteiger charge is 2.22. The molecule has 3 heterocycles. The molecule has 144 valence electrons. The number of ketones is 1. The fourth-order valence-electron chi connectivity index (χ4n) is 3.60. The molecule has 0 aliphatic rings. The Morgan fingerprint density at radius 3 is 2.59 bits per heavy atom. The van der Waals surface area contributed by atoms with Crippen LogP contribution in [0.15, 0.2) is 40.8 Å². The van der Waals surface area contributed by atoms with E-state index in [4.69, 9.17) is 9.40 Å². The highest BCUT2D eigenvalue weighted by atomic mass is 16.4. The SMILES string of the molecule is CC(=O)c1c(C)oc(Nc2cc(C)c3c(C)nn(-c4ccccc4)c3n2)c1C#N. The van der Waals surface area contributed by atoms with Gasteiger partial charge in [0.1, 0.15) is 23.2 Å². The van der Waals surface area contributed by atoms with Crippen molar-refractivity contribution < 1.29 is 9.21 Å². The molecule has 0 atom stereocenters. The Hall–Kier alpha value is -3.92. The predicted molar refractivity (Wildman–Crippen MR) is 110 cm³/mol. The summed E-state index contributed by atoms with van der Waals surface area (Å²) in [7, 11) is 0. The number of aryl methyl sites for hydroxylation is 3. The zero-order valence-corrected chi connectivity index (χ0v) is 16.6. The van der Waals surface area contributed by atoms with Gasteiger partial charge in [0.2, 0.25) is 5.88 Å². The molecule has 0 fully saturated rings. The Morgan fingerprint density at radius 2 is 1.93 bits per heavy atom. The molecule has 0 aliphatic heterocycles. The summed E-state index contributed by atoms with van der Waals surface area (Å²) in [5, 5.41) is 18.2. The first-order chi connectivity index (χ1) is 13.9. The van der Waals surface area contributed by atoms with Gasteiger partial charge >= 0.3 is 0 Å². The minimum absolute atomic E-state index is 0.183. The van der Waals surface area contributed by atoms with Crippen LogP contribution in [0.25, 0.3) is 16.7 Å². The quantitative estimate of drug-likeness (QED) is 0.509. The van der Waals surface area contributed by atoms with Gasteiger partial charge < -0.3 is 9.73 Å². The van der Waals surface area contributed by atoms with Crippen molar-refractivity contribution >= 4 is 28.5 Å². The molecule has 3 aromatic heterocycles. The lowest BCUT2D eigenvalue weighted by atomic mass is 10.1. The minimum Gasteiger partial charge on any atom is -0.443 e. The maximum atomic E-state index is 11.9. The number of aromatic nitrogens is 3. The number of benzene rings is 1. The molecule has 0 saturated carbocycles. The zero-order chi connectivity index (χ0) is 20.7. The minimum atomic E-state index is -0.215. The molecule has 0 unspecified atom stereocenters. The van der Waals surface area contributed by atoms with E-state index in [9.17, 15) is 10.1 Å². The number of furan rings is 1. The highest BCUT2D eigenvalue weighted by Crippen LogP contribution is 2.31. The van der Waals surface area contributed by atoms with Crippen molar-refractivity contribution in [3.05, 3.63) is 64.5 Å².